The standard InChI is InChI=1S/C48H83O8P/c1-4-7-9-11-13-15-17-19-21-23-25-27-29-31-33-35-37-39-41-43-48(50)56-46(45-55-57(51,52)54-6-3)44-53-47(49)42-40-38-36-34-32-30-28-26-24-22-20-18-16-14-12-10-8-5-2/h7,9,13,15,19,21,25,27,31,33,37,39,46H,4-6,8,10-12,14,16-18,20,22-24,26,28-30,32,34-36,38,40-45H2,1-3H3,(H,51,52)/b9-7-,15-13-,21-19-,27-25-,33-31-,39-37-. The number of hydrogen-bond donors (Lipinski definition) is 1. The smallest absolute Gasteiger partial charge is 0.462 e. The average Bonchev–Trinajstić information content (AvgIpc) is 3.19. The zero-order chi connectivity index (χ0) is 41.8. The lowest BCUT2D eigenvalue weighted by Gasteiger charge is -2.19. The van der Waals surface area contributed by atoms with Crippen LogP contribution in [0.1, 0.15) is 194 Å². The zero-order valence-electron chi connectivity index (χ0n) is 36.5. The summed E-state index contributed by atoms with van der Waals surface area (Å²) in [4.78, 5) is 34.8. The van der Waals surface area contributed by atoms with E-state index >= 15 is 0 Å². The third-order valence-electron chi connectivity index (χ3n) is 9.29. The van der Waals surface area contributed by atoms with Crippen molar-refractivity contribution in [3.05, 3.63) is 72.9 Å². The Morgan fingerprint density at radius 2 is 0.895 bits per heavy atom. The highest BCUT2D eigenvalue weighted by Crippen LogP contribution is 2.43. The summed E-state index contributed by atoms with van der Waals surface area (Å²) in [5.74, 6) is -0.894. The number of hydrogen-bond acceptors (Lipinski definition) is 7. The number of carbonyl (C=O) groups excluding carboxylic acids is 2. The minimum atomic E-state index is -4.30. The molecule has 0 aliphatic rings. The molecule has 2 unspecified atom stereocenters. The Kier molecular flexibility index (Phi) is 41.2. The van der Waals surface area contributed by atoms with Gasteiger partial charge in [0.25, 0.3) is 0 Å². The lowest BCUT2D eigenvalue weighted by atomic mass is 10.0. The van der Waals surface area contributed by atoms with Crippen LogP contribution in [0.3, 0.4) is 0 Å². The number of esters is 2. The van der Waals surface area contributed by atoms with Crippen LogP contribution in [0.25, 0.3) is 0 Å². The van der Waals surface area contributed by atoms with Crippen LogP contribution in [0, 0.1) is 0 Å². The number of carbonyl (C=O) groups is 2. The summed E-state index contributed by atoms with van der Waals surface area (Å²) in [6.45, 7) is 5.29. The predicted molar refractivity (Wildman–Crippen MR) is 239 cm³/mol. The first-order valence-corrected chi connectivity index (χ1v) is 24.2. The van der Waals surface area contributed by atoms with Crippen LogP contribution in [-0.4, -0.2) is 42.8 Å². The summed E-state index contributed by atoms with van der Waals surface area (Å²) in [6.07, 6.45) is 54.0. The molecule has 0 aromatic heterocycles. The van der Waals surface area contributed by atoms with E-state index in [1.165, 1.54) is 96.3 Å². The van der Waals surface area contributed by atoms with Gasteiger partial charge < -0.3 is 14.4 Å². The van der Waals surface area contributed by atoms with Crippen LogP contribution in [0.4, 0.5) is 0 Å². The van der Waals surface area contributed by atoms with E-state index in [0.717, 1.165) is 57.8 Å². The van der Waals surface area contributed by atoms with Gasteiger partial charge in [-0.05, 0) is 58.3 Å². The summed E-state index contributed by atoms with van der Waals surface area (Å²) < 4.78 is 32.6. The molecule has 0 saturated heterocycles. The van der Waals surface area contributed by atoms with E-state index in [-0.39, 0.29) is 32.0 Å². The van der Waals surface area contributed by atoms with Gasteiger partial charge in [-0.1, -0.05) is 196 Å². The monoisotopic (exact) mass is 819 g/mol. The van der Waals surface area contributed by atoms with Gasteiger partial charge in [-0.25, -0.2) is 4.57 Å². The van der Waals surface area contributed by atoms with Crippen LogP contribution >= 0.6 is 7.82 Å². The third kappa shape index (κ3) is 42.9. The fraction of sp³-hybridized carbons (Fsp3) is 0.708. The van der Waals surface area contributed by atoms with Gasteiger partial charge in [0.05, 0.1) is 13.2 Å². The molecule has 0 radical (unpaired) electrons. The van der Waals surface area contributed by atoms with E-state index in [2.05, 4.69) is 74.6 Å². The van der Waals surface area contributed by atoms with E-state index in [0.29, 0.717) is 6.42 Å². The highest BCUT2D eigenvalue weighted by atomic mass is 31.2. The molecule has 0 heterocycles. The van der Waals surface area contributed by atoms with Crippen molar-refractivity contribution in [1.29, 1.82) is 0 Å². The Hall–Kier alpha value is -2.51. The minimum absolute atomic E-state index is 0.0153. The van der Waals surface area contributed by atoms with E-state index in [1.807, 2.05) is 12.2 Å². The molecular formula is C48H83O8P. The predicted octanol–water partition coefficient (Wildman–Crippen LogP) is 14.5. The van der Waals surface area contributed by atoms with Crippen LogP contribution in [0.5, 0.6) is 0 Å². The van der Waals surface area contributed by atoms with Crippen molar-refractivity contribution in [2.24, 2.45) is 0 Å². The Morgan fingerprint density at radius 3 is 1.32 bits per heavy atom. The fourth-order valence-corrected chi connectivity index (χ4v) is 6.76. The molecule has 2 atom stereocenters. The normalized spacial score (nSPS) is 14.0. The highest BCUT2D eigenvalue weighted by molar-refractivity contribution is 7.47. The SMILES string of the molecule is CC/C=C\C/C=C\C/C=C\C/C=C\C/C=C\C/C=C\CCC(=O)OC(COC(=O)CCCCCCCCCCCCCCCCCCCC)COP(=O)(O)OCC. The average molecular weight is 819 g/mol. The molecule has 0 saturated carbocycles. The van der Waals surface area contributed by atoms with Crippen LogP contribution in [-0.2, 0) is 32.7 Å². The molecule has 328 valence electrons. The molecule has 0 bridgehead atoms. The maximum absolute atomic E-state index is 12.5. The number of ether oxygens (including phenoxy) is 2. The van der Waals surface area contributed by atoms with E-state index in [4.69, 9.17) is 18.5 Å². The highest BCUT2D eigenvalue weighted by Gasteiger charge is 2.25. The van der Waals surface area contributed by atoms with Gasteiger partial charge in [-0.15, -0.1) is 0 Å². The second-order valence-electron chi connectivity index (χ2n) is 14.7. The van der Waals surface area contributed by atoms with Gasteiger partial charge in [-0.2, -0.15) is 0 Å². The molecule has 0 aromatic carbocycles. The Labute approximate surface area is 349 Å². The Bertz CT molecular complexity index is 1160. The molecule has 57 heavy (non-hydrogen) atoms. The zero-order valence-corrected chi connectivity index (χ0v) is 37.4. The number of allylic oxidation sites excluding steroid dienone is 12. The molecule has 0 aromatic rings. The lowest BCUT2D eigenvalue weighted by Crippen LogP contribution is -2.29. The topological polar surface area (TPSA) is 108 Å². The molecule has 8 nitrogen and oxygen atoms in total. The van der Waals surface area contributed by atoms with E-state index in [9.17, 15) is 19.0 Å². The fourth-order valence-electron chi connectivity index (χ4n) is 6.01. The minimum Gasteiger partial charge on any atom is -0.462 e. The van der Waals surface area contributed by atoms with E-state index < -0.39 is 26.5 Å². The van der Waals surface area contributed by atoms with Gasteiger partial charge >= 0.3 is 19.8 Å². The van der Waals surface area contributed by atoms with Crippen molar-refractivity contribution >= 4 is 19.8 Å². The van der Waals surface area contributed by atoms with Gasteiger partial charge in [0, 0.05) is 12.8 Å². The second kappa shape index (κ2) is 43.1. The molecule has 0 aliphatic heterocycles. The first kappa shape index (κ1) is 54.5. The first-order chi connectivity index (χ1) is 27.8. The van der Waals surface area contributed by atoms with Crippen LogP contribution in [0.15, 0.2) is 72.9 Å². The summed E-state index contributed by atoms with van der Waals surface area (Å²) in [6, 6.07) is 0. The summed E-state index contributed by atoms with van der Waals surface area (Å²) in [5.41, 5.74) is 0. The lowest BCUT2D eigenvalue weighted by molar-refractivity contribution is -0.161. The molecule has 0 rings (SSSR count). The van der Waals surface area contributed by atoms with Gasteiger partial charge in [-0.3, -0.25) is 18.6 Å². The van der Waals surface area contributed by atoms with Crippen molar-refractivity contribution in [3.63, 3.8) is 0 Å². The molecule has 0 aliphatic carbocycles. The van der Waals surface area contributed by atoms with Crippen molar-refractivity contribution in [1.82, 2.24) is 0 Å². The molecular weight excluding hydrogens is 735 g/mol. The molecule has 9 heteroatoms. The van der Waals surface area contributed by atoms with Crippen LogP contribution < -0.4 is 0 Å². The first-order valence-electron chi connectivity index (χ1n) is 22.7. The second-order valence-corrected chi connectivity index (χ2v) is 16.1. The number of phosphoric ester groups is 1. The molecule has 0 fully saturated rings. The maximum Gasteiger partial charge on any atom is 0.472 e. The number of rotatable bonds is 41. The van der Waals surface area contributed by atoms with Crippen molar-refractivity contribution in [3.8, 4) is 0 Å². The number of unbranched alkanes of at least 4 members (excludes halogenated alkanes) is 17. The van der Waals surface area contributed by atoms with Crippen molar-refractivity contribution < 1.29 is 37.6 Å². The molecule has 1 N–H and O–H groups in total. The summed E-state index contributed by atoms with van der Waals surface area (Å²) in [7, 11) is -4.30. The largest absolute Gasteiger partial charge is 0.472 e. The Morgan fingerprint density at radius 1 is 0.491 bits per heavy atom. The van der Waals surface area contributed by atoms with Crippen LogP contribution in [0.2, 0.25) is 0 Å². The quantitative estimate of drug-likeness (QED) is 0.0281. The van der Waals surface area contributed by atoms with Gasteiger partial charge in [0.15, 0.2) is 6.10 Å². The van der Waals surface area contributed by atoms with Gasteiger partial charge in [0.1, 0.15) is 6.61 Å². The maximum atomic E-state index is 12.5. The Balaban J connectivity index is 4.17. The number of phosphoric acid groups is 1. The van der Waals surface area contributed by atoms with E-state index in [1.54, 1.807) is 6.92 Å². The third-order valence-corrected chi connectivity index (χ3v) is 10.4. The van der Waals surface area contributed by atoms with Crippen molar-refractivity contribution in [2.75, 3.05) is 19.8 Å². The molecule has 0 amide bonds. The van der Waals surface area contributed by atoms with Crippen molar-refractivity contribution in [2.45, 2.75) is 200 Å². The molecule has 0 spiro atoms. The summed E-state index contributed by atoms with van der Waals surface area (Å²) in [5, 5.41) is 0. The van der Waals surface area contributed by atoms with Gasteiger partial charge in [0.2, 0.25) is 0 Å². The summed E-state index contributed by atoms with van der Waals surface area (Å²) >= 11 is 0.